The van der Waals surface area contributed by atoms with Gasteiger partial charge >= 0.3 is 0 Å². The van der Waals surface area contributed by atoms with Gasteiger partial charge in [-0.25, -0.2) is 0 Å². The fourth-order valence-corrected chi connectivity index (χ4v) is 0.848. The van der Waals surface area contributed by atoms with Crippen molar-refractivity contribution in [1.29, 1.82) is 0 Å². The summed E-state index contributed by atoms with van der Waals surface area (Å²) >= 11 is 3.47. The minimum Gasteiger partial charge on any atom is -0.0765 e. The van der Waals surface area contributed by atoms with Crippen LogP contribution < -0.4 is 0 Å². The average Bonchev–Trinajstić information content (AvgIpc) is 1.84. The lowest BCUT2D eigenvalue weighted by molar-refractivity contribution is 1.05. The van der Waals surface area contributed by atoms with Crippen LogP contribution in [0.2, 0.25) is 0 Å². The van der Waals surface area contributed by atoms with Crippen molar-refractivity contribution in [1.82, 2.24) is 0 Å². The van der Waals surface area contributed by atoms with E-state index in [1.165, 1.54) is 0 Å². The van der Waals surface area contributed by atoms with Crippen LogP contribution in [-0.2, 0) is 0 Å². The van der Waals surface area contributed by atoms with E-state index >= 15 is 0 Å². The molecule has 0 heterocycles. The van der Waals surface area contributed by atoms with Crippen molar-refractivity contribution in [2.45, 2.75) is 11.2 Å². The highest BCUT2D eigenvalue weighted by molar-refractivity contribution is 9.10. The second kappa shape index (κ2) is 1.48. The molecule has 0 amide bonds. The molecule has 0 nitrogen and oxygen atoms in total. The normalized spacial score (nSPS) is 23.7. The van der Waals surface area contributed by atoms with Gasteiger partial charge in [-0.15, -0.1) is 0 Å². The lowest BCUT2D eigenvalue weighted by atomic mass is 10.2. The SMILES string of the molecule is CC1(Br)C=CC=C1. The summed E-state index contributed by atoms with van der Waals surface area (Å²) in [7, 11) is 0. The van der Waals surface area contributed by atoms with E-state index in [1.54, 1.807) is 0 Å². The van der Waals surface area contributed by atoms with Gasteiger partial charge in [0.25, 0.3) is 0 Å². The van der Waals surface area contributed by atoms with E-state index < -0.39 is 0 Å². The molecule has 7 heavy (non-hydrogen) atoms. The zero-order chi connectivity index (χ0) is 5.33. The molecule has 1 aliphatic rings. The van der Waals surface area contributed by atoms with Gasteiger partial charge in [0, 0.05) is 0 Å². The maximum Gasteiger partial charge on any atom is 0.0594 e. The van der Waals surface area contributed by atoms with Crippen LogP contribution in [-0.4, -0.2) is 4.32 Å². The number of hydrogen-bond donors (Lipinski definition) is 0. The Labute approximate surface area is 52.0 Å². The monoisotopic (exact) mass is 158 g/mol. The molecule has 0 spiro atoms. The van der Waals surface area contributed by atoms with Gasteiger partial charge in [-0.1, -0.05) is 40.2 Å². The quantitative estimate of drug-likeness (QED) is 0.475. The van der Waals surface area contributed by atoms with Crippen LogP contribution in [0.4, 0.5) is 0 Å². The van der Waals surface area contributed by atoms with E-state index in [9.17, 15) is 0 Å². The van der Waals surface area contributed by atoms with Crippen molar-refractivity contribution < 1.29 is 0 Å². The Morgan fingerprint density at radius 3 is 1.86 bits per heavy atom. The van der Waals surface area contributed by atoms with Gasteiger partial charge in [-0.2, -0.15) is 0 Å². The topological polar surface area (TPSA) is 0 Å². The van der Waals surface area contributed by atoms with Crippen LogP contribution in [0.25, 0.3) is 0 Å². The number of hydrogen-bond acceptors (Lipinski definition) is 0. The molecule has 0 radical (unpaired) electrons. The van der Waals surface area contributed by atoms with Crippen LogP contribution in [0.3, 0.4) is 0 Å². The molecule has 38 valence electrons. The van der Waals surface area contributed by atoms with Crippen LogP contribution >= 0.6 is 15.9 Å². The van der Waals surface area contributed by atoms with Crippen molar-refractivity contribution in [2.75, 3.05) is 0 Å². The molecular weight excluding hydrogens is 152 g/mol. The standard InChI is InChI=1S/C6H7Br/c1-6(7)4-2-3-5-6/h2-5H,1H3. The molecule has 0 saturated carbocycles. The van der Waals surface area contributed by atoms with Crippen molar-refractivity contribution >= 4 is 15.9 Å². The predicted molar refractivity (Wildman–Crippen MR) is 35.6 cm³/mol. The average molecular weight is 159 g/mol. The first-order chi connectivity index (χ1) is 3.21. The largest absolute Gasteiger partial charge is 0.0765 e. The second-order valence-corrected chi connectivity index (χ2v) is 3.58. The van der Waals surface area contributed by atoms with Gasteiger partial charge in [0.05, 0.1) is 4.32 Å². The van der Waals surface area contributed by atoms with Gasteiger partial charge in [-0.05, 0) is 6.92 Å². The Balaban J connectivity index is 2.77. The van der Waals surface area contributed by atoms with E-state index in [-0.39, 0.29) is 4.32 Å². The highest BCUT2D eigenvalue weighted by Crippen LogP contribution is 2.24. The highest BCUT2D eigenvalue weighted by atomic mass is 79.9. The number of rotatable bonds is 0. The van der Waals surface area contributed by atoms with Gasteiger partial charge in [0.2, 0.25) is 0 Å². The van der Waals surface area contributed by atoms with Gasteiger partial charge in [0.1, 0.15) is 0 Å². The molecule has 1 heteroatoms. The van der Waals surface area contributed by atoms with E-state index in [2.05, 4.69) is 35.0 Å². The molecule has 0 fully saturated rings. The lowest BCUT2D eigenvalue weighted by Gasteiger charge is -2.05. The van der Waals surface area contributed by atoms with Crippen LogP contribution in [0.15, 0.2) is 24.3 Å². The third-order valence-electron chi connectivity index (χ3n) is 0.955. The Hall–Kier alpha value is -0.0400. The van der Waals surface area contributed by atoms with E-state index in [1.807, 2.05) is 12.2 Å². The first-order valence-electron chi connectivity index (χ1n) is 2.27. The highest BCUT2D eigenvalue weighted by Gasteiger charge is 2.12. The van der Waals surface area contributed by atoms with Crippen molar-refractivity contribution in [3.8, 4) is 0 Å². The van der Waals surface area contributed by atoms with Crippen molar-refractivity contribution in [2.24, 2.45) is 0 Å². The Kier molecular flexibility index (Phi) is 1.08. The second-order valence-electron chi connectivity index (χ2n) is 1.87. The van der Waals surface area contributed by atoms with Crippen LogP contribution in [0.5, 0.6) is 0 Å². The molecule has 0 bridgehead atoms. The first kappa shape index (κ1) is 5.10. The first-order valence-corrected chi connectivity index (χ1v) is 3.06. The summed E-state index contributed by atoms with van der Waals surface area (Å²) in [5.41, 5.74) is 0. The minimum absolute atomic E-state index is 0.146. The Morgan fingerprint density at radius 2 is 1.71 bits per heavy atom. The zero-order valence-corrected chi connectivity index (χ0v) is 5.77. The van der Waals surface area contributed by atoms with Crippen LogP contribution in [0.1, 0.15) is 6.92 Å². The van der Waals surface area contributed by atoms with E-state index in [0.717, 1.165) is 0 Å². The summed E-state index contributed by atoms with van der Waals surface area (Å²) in [6.07, 6.45) is 8.28. The molecule has 0 unspecified atom stereocenters. The maximum absolute atomic E-state index is 3.47. The number of alkyl halides is 1. The predicted octanol–water partition coefficient (Wildman–Crippen LogP) is 2.27. The molecule has 0 aromatic carbocycles. The molecule has 0 N–H and O–H groups in total. The summed E-state index contributed by atoms with van der Waals surface area (Å²) in [6, 6.07) is 0. The van der Waals surface area contributed by atoms with Crippen molar-refractivity contribution in [3.63, 3.8) is 0 Å². The molecule has 0 atom stereocenters. The fourth-order valence-electron chi connectivity index (χ4n) is 0.543. The molecule has 0 aromatic rings. The summed E-state index contributed by atoms with van der Waals surface area (Å²) in [4.78, 5) is 0. The molecule has 1 rings (SSSR count). The lowest BCUT2D eigenvalue weighted by Crippen LogP contribution is -2.01. The van der Waals surface area contributed by atoms with Gasteiger partial charge in [-0.3, -0.25) is 0 Å². The van der Waals surface area contributed by atoms with Crippen LogP contribution in [0, 0.1) is 0 Å². The van der Waals surface area contributed by atoms with Crippen molar-refractivity contribution in [3.05, 3.63) is 24.3 Å². The Bertz CT molecular complexity index is 106. The summed E-state index contributed by atoms with van der Waals surface area (Å²) in [6.45, 7) is 2.10. The van der Waals surface area contributed by atoms with E-state index in [4.69, 9.17) is 0 Å². The molecule has 0 aromatic heterocycles. The summed E-state index contributed by atoms with van der Waals surface area (Å²) < 4.78 is 0.146. The fraction of sp³-hybridized carbons (Fsp3) is 0.333. The molecular formula is C6H7Br. The minimum atomic E-state index is 0.146. The number of allylic oxidation sites excluding steroid dienone is 4. The summed E-state index contributed by atoms with van der Waals surface area (Å²) in [5.74, 6) is 0. The van der Waals surface area contributed by atoms with Gasteiger partial charge < -0.3 is 0 Å². The smallest absolute Gasteiger partial charge is 0.0594 e. The molecule has 0 saturated heterocycles. The zero-order valence-electron chi connectivity index (χ0n) is 4.19. The molecule has 0 aliphatic heterocycles. The van der Waals surface area contributed by atoms with Gasteiger partial charge in [0.15, 0.2) is 0 Å². The third-order valence-corrected chi connectivity index (χ3v) is 1.48. The third kappa shape index (κ3) is 1.16. The number of halogens is 1. The molecule has 1 aliphatic carbocycles. The van der Waals surface area contributed by atoms with E-state index in [0.29, 0.717) is 0 Å². The summed E-state index contributed by atoms with van der Waals surface area (Å²) in [5, 5.41) is 0. The maximum atomic E-state index is 3.47. The Morgan fingerprint density at radius 1 is 1.29 bits per heavy atom.